The number of fused-ring (bicyclic) bond motifs is 2. The van der Waals surface area contributed by atoms with E-state index in [-0.39, 0.29) is 102 Å². The minimum absolute atomic E-state index is 0.0487. The van der Waals surface area contributed by atoms with Crippen molar-refractivity contribution < 1.29 is 107 Å². The fourth-order valence-electron chi connectivity index (χ4n) is 10.1. The molecular weight excluding hydrogens is 2580 g/mol. The van der Waals surface area contributed by atoms with Gasteiger partial charge in [-0.3, -0.25) is 57.7 Å². The van der Waals surface area contributed by atoms with Crippen LogP contribution in [0.25, 0.3) is 0 Å². The van der Waals surface area contributed by atoms with Crippen LogP contribution in [0, 0.1) is 17.8 Å². The van der Waals surface area contributed by atoms with E-state index in [4.69, 9.17) is 22.2 Å². The van der Waals surface area contributed by atoms with E-state index in [0.717, 1.165) is 4.90 Å². The van der Waals surface area contributed by atoms with Gasteiger partial charge >= 0.3 is 210 Å². The molecule has 7 aliphatic rings. The molecule has 0 heterocycles. The number of nitrogens with one attached hydrogen (secondary N) is 1. The maximum absolute atomic E-state index is 12.7. The van der Waals surface area contributed by atoms with Gasteiger partial charge in [-0.1, -0.05) is 6.08 Å². The molecule has 7 aliphatic carbocycles. The molecular formula is C55H86BI12N6O19-. The van der Waals surface area contributed by atoms with Crippen molar-refractivity contribution in [1.82, 2.24) is 24.9 Å². The van der Waals surface area contributed by atoms with Gasteiger partial charge in [0.25, 0.3) is 11.8 Å². The number of carbonyl (C=O) groups is 10. The van der Waals surface area contributed by atoms with E-state index in [1.807, 2.05) is 40.0 Å². The quantitative estimate of drug-likeness (QED) is 0.0441. The van der Waals surface area contributed by atoms with Crippen LogP contribution in [0.1, 0.15) is 78.1 Å². The Morgan fingerprint density at radius 1 is 0.785 bits per heavy atom. The summed E-state index contributed by atoms with van der Waals surface area (Å²) >= 11 is 16.9. The standard InChI is InChI=1S/C15H22N2O6.C13H18N2O4.C10H17NO3.C8H10O3.C6H8O3.C2H7N.CH3I3.BI3.HI3.I3/c1-16(2)11-10-7(18)5-6-8(19)15(10,23)13(21)9(12(11)20)14(22)17(3)4;1-15(2)11-10-6(8(16)3-4-9(10)17)5-7(12(11)18)13(14)19;1-6(11(2)3)9-7(12)4-5-8(13)10(9)14;1-2-5-6(9)3-4-7(10)8(5)11;7-4-1-2-5(8)6(9)3-4;1-3-2;2*1-4(2)3;2*1-3-2/h7,10-11,18,21,23H,5-6H2,1-4H3;5,9-11,17-18H,3-4H2,1-2H3,(H2,14,19);6-7,9,12H,4-5H2,1-3H3;2,6,9H,3-4H2,1H3;2,4,7-8H,1,3H2;3H,1-2H3;1H3;;3H;/q;;;;;;;;;-1/b;;;5-2+;;;;;;/t7?,10?,11?,15-;;;;;;;;;/m1........./s1/i;;;;;;;;3D;. The van der Waals surface area contributed by atoms with Gasteiger partial charge in [0.05, 0.1) is 60.0 Å². The van der Waals surface area contributed by atoms with E-state index in [1.165, 1.54) is 37.2 Å². The van der Waals surface area contributed by atoms with Crippen molar-refractivity contribution in [2.75, 3.05) is 75.4 Å². The molecule has 0 aromatic heterocycles. The molecule has 12 atom stereocenters. The molecule has 2 radical (unpaired) electrons. The summed E-state index contributed by atoms with van der Waals surface area (Å²) in [6, 6.07) is -1.79. The number of nitrogens with zero attached hydrogens (tertiary/aromatic N) is 4. The Balaban J connectivity index is -0.00000106. The van der Waals surface area contributed by atoms with Crippen LogP contribution in [0.15, 0.2) is 57.8 Å². The number of aliphatic hydroxyl groups excluding tert-OH is 8. The van der Waals surface area contributed by atoms with Crippen LogP contribution in [-0.2, 0) is 47.9 Å². The second-order valence-electron chi connectivity index (χ2n) is 21.7. The molecule has 538 valence electrons. The topological polar surface area (TPSA) is 404 Å². The fourth-order valence-corrected chi connectivity index (χ4v) is 10.1. The molecule has 0 bridgehead atoms. The summed E-state index contributed by atoms with van der Waals surface area (Å²) in [5.74, 6) is -8.73. The Kier molecular flexibility index (Phi) is 54.6. The molecule has 2 amide bonds. The Bertz CT molecular complexity index is 2710. The van der Waals surface area contributed by atoms with Gasteiger partial charge in [0.1, 0.15) is 17.1 Å². The van der Waals surface area contributed by atoms with Crippen LogP contribution in [0.4, 0.5) is 0 Å². The Hall–Kier alpha value is 2.82. The molecule has 12 N–H and O–H groups in total. The van der Waals surface area contributed by atoms with Gasteiger partial charge in [0, 0.05) is 69.3 Å². The van der Waals surface area contributed by atoms with Gasteiger partial charge in [-0.15, -0.1) is 0 Å². The zero-order valence-electron chi connectivity index (χ0n) is 54.2. The van der Waals surface area contributed by atoms with Crippen LogP contribution in [0.5, 0.6) is 0 Å². The van der Waals surface area contributed by atoms with E-state index in [2.05, 4.69) is 159 Å². The summed E-state index contributed by atoms with van der Waals surface area (Å²) < 4.78 is 6.71. The van der Waals surface area contributed by atoms with Crippen molar-refractivity contribution in [3.8, 4) is 0 Å². The first-order valence-electron chi connectivity index (χ1n) is 27.9. The summed E-state index contributed by atoms with van der Waals surface area (Å²) in [6.07, 6.45) is 2.49. The predicted octanol–water partition coefficient (Wildman–Crippen LogP) is 4.29. The maximum atomic E-state index is 12.7. The third-order valence-corrected chi connectivity index (χ3v) is 14.5. The summed E-state index contributed by atoms with van der Waals surface area (Å²) in [5.41, 5.74) is 8.02. The number of primary amides is 1. The second-order valence-corrected chi connectivity index (χ2v) is 107. The van der Waals surface area contributed by atoms with Crippen LogP contribution in [0.3, 0.4) is 0 Å². The zero-order valence-corrected chi connectivity index (χ0v) is 79.1. The molecule has 4 saturated carbocycles. The van der Waals surface area contributed by atoms with Crippen molar-refractivity contribution in [3.63, 3.8) is 0 Å². The normalized spacial score (nSPS) is 27.7. The van der Waals surface area contributed by atoms with E-state index in [9.17, 15) is 83.7 Å². The predicted molar refractivity (Wildman–Crippen MR) is 452 cm³/mol. The molecule has 38 heteroatoms. The van der Waals surface area contributed by atoms with Gasteiger partial charge in [0.2, 0.25) is 17.3 Å². The number of Topliss-reactive ketones (excluding diaryl/α,β-unsaturated/α-hetero) is 8. The molecule has 0 saturated heterocycles. The molecule has 93 heavy (non-hydrogen) atoms. The Morgan fingerprint density at radius 2 is 1.23 bits per heavy atom. The monoisotopic (exact) mass is 2670 g/mol. The van der Waals surface area contributed by atoms with Crippen molar-refractivity contribution in [1.29, 1.82) is 0.594 Å². The van der Waals surface area contributed by atoms with Crippen LogP contribution in [0.2, 0.25) is 0 Å². The zero-order chi connectivity index (χ0) is 74.3. The minimum atomic E-state index is -2.43. The first-order chi connectivity index (χ1) is 43.2. The number of likely N-dealkylation sites (N-methyl/N-ethyl adjacent to an activating group) is 3. The molecule has 0 aliphatic heterocycles. The average Bonchev–Trinajstić information content (AvgIpc) is 0.719. The SMILES string of the molecule is C/C=C1/C(=O)C(=O)CCC1O.CC(C1C(=O)C(=O)CCC1O)N(C)C.CI(I)I.CN(C)C(=O)C1=C(O)[C@@]2(O)C(=O)CCC(O)C2C(N(C)C)C1=O.CN(C)C1C(O)=C(C(N)=O)C=C2C(=O)CCC(O)C21.CNC.I[I-]I.O=C1CC(O)CC=C1O.[2H]I(I)I.[B]I(I)I. The van der Waals surface area contributed by atoms with E-state index in [1.54, 1.807) is 40.0 Å². The van der Waals surface area contributed by atoms with Gasteiger partial charge in [-0.05, 0) is 114 Å². The van der Waals surface area contributed by atoms with Crippen LogP contribution < -0.4 is 24.3 Å². The first-order valence-corrected chi connectivity index (χ1v) is 81.2. The molecule has 0 spiro atoms. The number of rotatable bonds is 6. The van der Waals surface area contributed by atoms with Crippen molar-refractivity contribution in [2.24, 2.45) is 23.5 Å². The fraction of sp³-hybridized carbons (Fsp3) is 0.636. The number of alkyl halides is 1. The molecule has 11 unspecified atom stereocenters. The first kappa shape index (κ1) is 97.9. The molecule has 25 nitrogen and oxygen atoms in total. The summed E-state index contributed by atoms with van der Waals surface area (Å²) in [6.45, 7) is 3.50. The van der Waals surface area contributed by atoms with Gasteiger partial charge in [-0.25, -0.2) is 0 Å². The van der Waals surface area contributed by atoms with Crippen molar-refractivity contribution in [3.05, 3.63) is 57.8 Å². The number of hydrogen-bond donors (Lipinski definition) is 11. The van der Waals surface area contributed by atoms with E-state index >= 15 is 0 Å². The number of halogens is 12. The Labute approximate surface area is 659 Å². The third-order valence-electron chi connectivity index (χ3n) is 14.5. The molecule has 0 aromatic rings. The van der Waals surface area contributed by atoms with Gasteiger partial charge in [-0.2, -0.15) is 0 Å². The molecule has 7 rings (SSSR count). The average molecular weight is 2670 g/mol. The van der Waals surface area contributed by atoms with E-state index < -0.39 is 137 Å². The third kappa shape index (κ3) is 33.6. The number of ketones is 8. The Morgan fingerprint density at radius 3 is 1.62 bits per heavy atom. The summed E-state index contributed by atoms with van der Waals surface area (Å²) in [7, 11) is 16.8. The van der Waals surface area contributed by atoms with Crippen molar-refractivity contribution in [2.45, 2.75) is 132 Å². The van der Waals surface area contributed by atoms with Gasteiger partial charge < -0.3 is 66.8 Å². The number of nitrogens with two attached hydrogens (primary N) is 1. The summed E-state index contributed by atoms with van der Waals surface area (Å²) in [4.78, 5) is 124. The van der Waals surface area contributed by atoms with E-state index in [0.29, 0.717) is 44.5 Å². The molecule has 0 aromatic carbocycles. The van der Waals surface area contributed by atoms with Crippen molar-refractivity contribution >= 4 is 249 Å². The van der Waals surface area contributed by atoms with Gasteiger partial charge in [0.15, 0.2) is 40.3 Å². The molecule has 4 fully saturated rings. The number of carbonyl (C=O) groups excluding carboxylic acids is 10. The number of hydrogen-bond acceptors (Lipinski definition) is 23. The number of allylic oxidation sites excluding steroid dienone is 2. The summed E-state index contributed by atoms with van der Waals surface area (Å²) in [5, 5.41) is 91.0. The number of aliphatic hydroxyl groups is 9. The second kappa shape index (κ2) is 51.9. The number of amides is 2. The van der Waals surface area contributed by atoms with Crippen LogP contribution in [-0.4, -0.2) is 260 Å². The van der Waals surface area contributed by atoms with Crippen LogP contribution >= 0.6 is 186 Å².